The van der Waals surface area contributed by atoms with Gasteiger partial charge in [-0.2, -0.15) is 13.2 Å². The van der Waals surface area contributed by atoms with Crippen molar-refractivity contribution < 1.29 is 37.0 Å². The Morgan fingerprint density at radius 2 is 1.75 bits per heavy atom. The lowest BCUT2D eigenvalue weighted by Gasteiger charge is -2.11. The van der Waals surface area contributed by atoms with Gasteiger partial charge in [0.15, 0.2) is 6.61 Å². The molecule has 2 N–H and O–H groups in total. The molecule has 36 heavy (non-hydrogen) atoms. The maximum atomic E-state index is 13.1. The Bertz CT molecular complexity index is 1280. The van der Waals surface area contributed by atoms with Gasteiger partial charge in [-0.3, -0.25) is 9.59 Å². The van der Waals surface area contributed by atoms with E-state index in [9.17, 15) is 27.6 Å². The molecule has 3 aromatic rings. The fourth-order valence-corrected chi connectivity index (χ4v) is 4.34. The van der Waals surface area contributed by atoms with Gasteiger partial charge in [-0.05, 0) is 49.7 Å². The lowest BCUT2D eigenvalue weighted by Crippen LogP contribution is -2.21. The summed E-state index contributed by atoms with van der Waals surface area (Å²) in [7, 11) is 0. The predicted octanol–water partition coefficient (Wildman–Crippen LogP) is 6.18. The zero-order chi connectivity index (χ0) is 26.5. The van der Waals surface area contributed by atoms with Crippen molar-refractivity contribution in [2.45, 2.75) is 20.0 Å². The molecule has 2 aromatic carbocycles. The first-order valence-corrected chi connectivity index (χ1v) is 11.7. The molecule has 0 aliphatic rings. The molecule has 0 unspecified atom stereocenters. The third kappa shape index (κ3) is 6.55. The quantitative estimate of drug-likeness (QED) is 0.333. The number of hydrogen-bond acceptors (Lipinski definition) is 6. The molecule has 3 rings (SSSR count). The number of ether oxygens (including phenoxy) is 2. The third-order valence-corrected chi connectivity index (χ3v) is 6.28. The van der Waals surface area contributed by atoms with Crippen molar-refractivity contribution in [3.8, 4) is 5.75 Å². The second-order valence-corrected chi connectivity index (χ2v) is 8.71. The van der Waals surface area contributed by atoms with Crippen molar-refractivity contribution in [3.63, 3.8) is 0 Å². The number of amides is 2. The van der Waals surface area contributed by atoms with Crippen LogP contribution in [0.2, 0.25) is 5.02 Å². The number of rotatable bonds is 8. The van der Waals surface area contributed by atoms with Crippen LogP contribution in [0.3, 0.4) is 0 Å². The van der Waals surface area contributed by atoms with Crippen molar-refractivity contribution in [2.24, 2.45) is 0 Å². The number of benzene rings is 2. The lowest BCUT2D eigenvalue weighted by atomic mass is 10.1. The van der Waals surface area contributed by atoms with Crippen LogP contribution in [0.15, 0.2) is 48.5 Å². The van der Waals surface area contributed by atoms with Gasteiger partial charge >= 0.3 is 12.1 Å². The van der Waals surface area contributed by atoms with Crippen molar-refractivity contribution in [1.29, 1.82) is 0 Å². The highest BCUT2D eigenvalue weighted by molar-refractivity contribution is 7.19. The summed E-state index contributed by atoms with van der Waals surface area (Å²) in [5.74, 6) is -1.73. The summed E-state index contributed by atoms with van der Waals surface area (Å²) in [6.45, 7) is 2.72. The number of carbonyl (C=O) groups is 3. The SMILES string of the molecule is CCOC(=O)c1c(NC(=O)COc2ccccc2)sc(C(=O)Nc2cc(C(F)(F)F)ccc2Cl)c1C. The van der Waals surface area contributed by atoms with Gasteiger partial charge in [-0.15, -0.1) is 11.3 Å². The molecule has 1 heterocycles. The van der Waals surface area contributed by atoms with Crippen LogP contribution in [0.5, 0.6) is 5.75 Å². The van der Waals surface area contributed by atoms with E-state index in [1.807, 2.05) is 0 Å². The molecule has 0 radical (unpaired) electrons. The maximum absolute atomic E-state index is 13.1. The summed E-state index contributed by atoms with van der Waals surface area (Å²) >= 11 is 6.74. The van der Waals surface area contributed by atoms with Gasteiger partial charge in [0.05, 0.1) is 33.3 Å². The Balaban J connectivity index is 1.86. The number of thiophene rings is 1. The number of anilines is 2. The van der Waals surface area contributed by atoms with E-state index in [0.29, 0.717) is 11.8 Å². The molecule has 0 spiro atoms. The topological polar surface area (TPSA) is 93.7 Å². The van der Waals surface area contributed by atoms with Gasteiger partial charge < -0.3 is 20.1 Å². The van der Waals surface area contributed by atoms with Crippen LogP contribution in [0.1, 0.15) is 38.1 Å². The molecule has 0 fully saturated rings. The monoisotopic (exact) mass is 540 g/mol. The highest BCUT2D eigenvalue weighted by Gasteiger charge is 2.32. The minimum Gasteiger partial charge on any atom is -0.484 e. The molecule has 0 saturated heterocycles. The number of hydrogen-bond donors (Lipinski definition) is 2. The van der Waals surface area contributed by atoms with E-state index in [2.05, 4.69) is 10.6 Å². The molecular weight excluding hydrogens is 521 g/mol. The summed E-state index contributed by atoms with van der Waals surface area (Å²) in [6.07, 6.45) is -4.64. The number of alkyl halides is 3. The fraction of sp³-hybridized carbons (Fsp3) is 0.208. The highest BCUT2D eigenvalue weighted by Crippen LogP contribution is 2.37. The first-order valence-electron chi connectivity index (χ1n) is 10.5. The summed E-state index contributed by atoms with van der Waals surface area (Å²) in [5.41, 5.74) is -1.12. The van der Waals surface area contributed by atoms with E-state index >= 15 is 0 Å². The van der Waals surface area contributed by atoms with Crippen LogP contribution in [-0.4, -0.2) is 31.0 Å². The minimum atomic E-state index is -4.64. The summed E-state index contributed by atoms with van der Waals surface area (Å²) in [5, 5.41) is 4.81. The Hall–Kier alpha value is -3.57. The van der Waals surface area contributed by atoms with E-state index in [1.165, 1.54) is 6.92 Å². The Morgan fingerprint density at radius 1 is 1.06 bits per heavy atom. The predicted molar refractivity (Wildman–Crippen MR) is 130 cm³/mol. The number of nitrogens with one attached hydrogen (secondary N) is 2. The third-order valence-electron chi connectivity index (χ3n) is 4.74. The van der Waals surface area contributed by atoms with Gasteiger partial charge in [0, 0.05) is 0 Å². The second kappa shape index (κ2) is 11.4. The number of para-hydroxylation sites is 1. The Morgan fingerprint density at radius 3 is 2.39 bits per heavy atom. The molecule has 0 aliphatic carbocycles. The number of carbonyl (C=O) groups excluding carboxylic acids is 3. The molecule has 0 aliphatic heterocycles. The largest absolute Gasteiger partial charge is 0.484 e. The standard InChI is InChI=1S/C24H20ClF3N2O5S/c1-3-34-23(33)19-13(2)20(21(32)29-17-11-14(24(26,27)28)9-10-16(17)25)36-22(19)30-18(31)12-35-15-7-5-4-6-8-15/h4-11H,3,12H2,1-2H3,(H,29,32)(H,30,31). The van der Waals surface area contributed by atoms with Gasteiger partial charge in [0.2, 0.25) is 0 Å². The lowest BCUT2D eigenvalue weighted by molar-refractivity contribution is -0.137. The van der Waals surface area contributed by atoms with Crippen LogP contribution in [0.4, 0.5) is 23.9 Å². The van der Waals surface area contributed by atoms with Gasteiger partial charge in [-0.1, -0.05) is 29.8 Å². The van der Waals surface area contributed by atoms with Gasteiger partial charge in [0.1, 0.15) is 10.8 Å². The van der Waals surface area contributed by atoms with Crippen LogP contribution in [0, 0.1) is 6.92 Å². The van der Waals surface area contributed by atoms with E-state index in [0.717, 1.165) is 23.5 Å². The molecular formula is C24H20ClF3N2O5S. The summed E-state index contributed by atoms with van der Waals surface area (Å²) in [6, 6.07) is 11.1. The molecule has 1 aromatic heterocycles. The van der Waals surface area contributed by atoms with Crippen molar-refractivity contribution >= 4 is 51.4 Å². The average Bonchev–Trinajstić information content (AvgIpc) is 3.15. The second-order valence-electron chi connectivity index (χ2n) is 7.28. The zero-order valence-electron chi connectivity index (χ0n) is 19.0. The smallest absolute Gasteiger partial charge is 0.416 e. The van der Waals surface area contributed by atoms with Crippen molar-refractivity contribution in [1.82, 2.24) is 0 Å². The normalized spacial score (nSPS) is 11.1. The van der Waals surface area contributed by atoms with E-state index in [-0.39, 0.29) is 44.9 Å². The van der Waals surface area contributed by atoms with Gasteiger partial charge in [0.25, 0.3) is 11.8 Å². The van der Waals surface area contributed by atoms with Crippen LogP contribution in [-0.2, 0) is 15.7 Å². The Labute approximate surface area is 213 Å². The molecule has 0 bridgehead atoms. The summed E-state index contributed by atoms with van der Waals surface area (Å²) in [4.78, 5) is 38.0. The molecule has 0 atom stereocenters. The zero-order valence-corrected chi connectivity index (χ0v) is 20.6. The molecule has 7 nitrogen and oxygen atoms in total. The average molecular weight is 541 g/mol. The maximum Gasteiger partial charge on any atom is 0.416 e. The highest BCUT2D eigenvalue weighted by atomic mass is 35.5. The summed E-state index contributed by atoms with van der Waals surface area (Å²) < 4.78 is 49.7. The fourth-order valence-electron chi connectivity index (χ4n) is 3.07. The molecule has 12 heteroatoms. The van der Waals surface area contributed by atoms with E-state index < -0.39 is 29.5 Å². The first kappa shape index (κ1) is 27.0. The number of esters is 1. The van der Waals surface area contributed by atoms with E-state index in [4.69, 9.17) is 21.1 Å². The first-order chi connectivity index (χ1) is 17.0. The molecule has 2 amide bonds. The van der Waals surface area contributed by atoms with Crippen LogP contribution in [0.25, 0.3) is 0 Å². The van der Waals surface area contributed by atoms with Crippen LogP contribution >= 0.6 is 22.9 Å². The Kier molecular flexibility index (Phi) is 8.59. The van der Waals surface area contributed by atoms with Crippen LogP contribution < -0.4 is 15.4 Å². The van der Waals surface area contributed by atoms with Crippen molar-refractivity contribution in [3.05, 3.63) is 75.1 Å². The minimum absolute atomic E-state index is 0.0224. The molecule has 190 valence electrons. The number of halogens is 4. The van der Waals surface area contributed by atoms with E-state index in [1.54, 1.807) is 37.3 Å². The molecule has 0 saturated carbocycles. The van der Waals surface area contributed by atoms with Gasteiger partial charge in [-0.25, -0.2) is 4.79 Å². The van der Waals surface area contributed by atoms with Crippen molar-refractivity contribution in [2.75, 3.05) is 23.8 Å².